The van der Waals surface area contributed by atoms with Crippen molar-refractivity contribution in [2.24, 2.45) is 0 Å². The Kier molecular flexibility index (Phi) is 6.79. The Morgan fingerprint density at radius 2 is 2.04 bits per heavy atom. The van der Waals surface area contributed by atoms with Crippen molar-refractivity contribution in [1.82, 2.24) is 20.4 Å². The molecule has 1 atom stereocenters. The Morgan fingerprint density at radius 3 is 2.74 bits per heavy atom. The predicted octanol–water partition coefficient (Wildman–Crippen LogP) is 4.00. The SMILES string of the molecule is CCC(C)NC(=O)CCNCc1cn(-c2ccccc2)nc1-c1cccs1. The third-order valence-electron chi connectivity index (χ3n) is 4.43. The Labute approximate surface area is 164 Å². The Morgan fingerprint density at radius 1 is 1.22 bits per heavy atom. The van der Waals surface area contributed by atoms with Gasteiger partial charge < -0.3 is 10.6 Å². The molecule has 3 rings (SSSR count). The van der Waals surface area contributed by atoms with Crippen LogP contribution in [0.5, 0.6) is 0 Å². The van der Waals surface area contributed by atoms with Crippen molar-refractivity contribution in [3.63, 3.8) is 0 Å². The molecule has 0 fully saturated rings. The monoisotopic (exact) mass is 382 g/mol. The standard InChI is InChI=1S/C21H26N4OS/c1-3-16(2)23-20(26)11-12-22-14-17-15-25(18-8-5-4-6-9-18)24-21(17)19-10-7-13-27-19/h4-10,13,15-16,22H,3,11-12,14H2,1-2H3,(H,23,26). The number of para-hydroxylation sites is 1. The second kappa shape index (κ2) is 9.48. The highest BCUT2D eigenvalue weighted by Gasteiger charge is 2.13. The molecular weight excluding hydrogens is 356 g/mol. The Balaban J connectivity index is 1.65. The van der Waals surface area contributed by atoms with Crippen LogP contribution in [0.4, 0.5) is 0 Å². The van der Waals surface area contributed by atoms with Crippen LogP contribution >= 0.6 is 11.3 Å². The van der Waals surface area contributed by atoms with Crippen LogP contribution in [0.15, 0.2) is 54.0 Å². The first-order valence-electron chi connectivity index (χ1n) is 9.35. The molecule has 0 saturated carbocycles. The highest BCUT2D eigenvalue weighted by Crippen LogP contribution is 2.27. The molecule has 1 aromatic carbocycles. The number of nitrogens with one attached hydrogen (secondary N) is 2. The van der Waals surface area contributed by atoms with Crippen LogP contribution in [0, 0.1) is 0 Å². The number of rotatable bonds is 9. The van der Waals surface area contributed by atoms with Gasteiger partial charge in [0.05, 0.1) is 10.6 Å². The van der Waals surface area contributed by atoms with Crippen molar-refractivity contribution >= 4 is 17.2 Å². The topological polar surface area (TPSA) is 59.0 Å². The van der Waals surface area contributed by atoms with Gasteiger partial charge in [0.2, 0.25) is 5.91 Å². The lowest BCUT2D eigenvalue weighted by Crippen LogP contribution is -2.33. The highest BCUT2D eigenvalue weighted by atomic mass is 32.1. The lowest BCUT2D eigenvalue weighted by Gasteiger charge is -2.11. The average Bonchev–Trinajstić information content (AvgIpc) is 3.35. The van der Waals surface area contributed by atoms with E-state index in [4.69, 9.17) is 5.10 Å². The number of aromatic nitrogens is 2. The van der Waals surface area contributed by atoms with E-state index in [-0.39, 0.29) is 11.9 Å². The Bertz CT molecular complexity index is 842. The van der Waals surface area contributed by atoms with Gasteiger partial charge >= 0.3 is 0 Å². The van der Waals surface area contributed by atoms with Crippen LogP contribution in [-0.2, 0) is 11.3 Å². The van der Waals surface area contributed by atoms with Gasteiger partial charge in [-0.15, -0.1) is 11.3 Å². The van der Waals surface area contributed by atoms with Crippen LogP contribution < -0.4 is 10.6 Å². The summed E-state index contributed by atoms with van der Waals surface area (Å²) in [6, 6.07) is 14.5. The average molecular weight is 383 g/mol. The second-order valence-corrected chi connectivity index (χ2v) is 7.51. The fraction of sp³-hybridized carbons (Fsp3) is 0.333. The molecule has 2 N–H and O–H groups in total. The van der Waals surface area contributed by atoms with E-state index in [9.17, 15) is 4.79 Å². The van der Waals surface area contributed by atoms with Gasteiger partial charge in [0.25, 0.3) is 0 Å². The van der Waals surface area contributed by atoms with Crippen molar-refractivity contribution in [3.8, 4) is 16.3 Å². The molecular formula is C21H26N4OS. The molecule has 27 heavy (non-hydrogen) atoms. The van der Waals surface area contributed by atoms with Crippen LogP contribution in [0.3, 0.4) is 0 Å². The van der Waals surface area contributed by atoms with Gasteiger partial charge in [-0.25, -0.2) is 4.68 Å². The molecule has 142 valence electrons. The first kappa shape index (κ1) is 19.3. The lowest BCUT2D eigenvalue weighted by atomic mass is 10.2. The van der Waals surface area contributed by atoms with E-state index in [0.29, 0.717) is 19.5 Å². The van der Waals surface area contributed by atoms with Crippen LogP contribution in [0.2, 0.25) is 0 Å². The second-order valence-electron chi connectivity index (χ2n) is 6.56. The number of nitrogens with zero attached hydrogens (tertiary/aromatic N) is 2. The molecule has 0 bridgehead atoms. The van der Waals surface area contributed by atoms with Crippen molar-refractivity contribution in [1.29, 1.82) is 0 Å². The summed E-state index contributed by atoms with van der Waals surface area (Å²) in [5.41, 5.74) is 3.16. The van der Waals surface area contributed by atoms with E-state index in [2.05, 4.69) is 35.2 Å². The molecule has 0 radical (unpaired) electrons. The quantitative estimate of drug-likeness (QED) is 0.550. The van der Waals surface area contributed by atoms with Gasteiger partial charge in [0.15, 0.2) is 0 Å². The number of hydrogen-bond donors (Lipinski definition) is 2. The normalized spacial score (nSPS) is 12.1. The molecule has 3 aromatic rings. The molecule has 0 aliphatic heterocycles. The minimum absolute atomic E-state index is 0.0929. The van der Waals surface area contributed by atoms with Gasteiger partial charge in [-0.05, 0) is 36.9 Å². The lowest BCUT2D eigenvalue weighted by molar-refractivity contribution is -0.121. The van der Waals surface area contributed by atoms with Gasteiger partial charge in [0.1, 0.15) is 5.69 Å². The van der Waals surface area contributed by atoms with Gasteiger partial charge in [0, 0.05) is 37.3 Å². The molecule has 5 nitrogen and oxygen atoms in total. The zero-order chi connectivity index (χ0) is 19.1. The fourth-order valence-electron chi connectivity index (χ4n) is 2.75. The summed E-state index contributed by atoms with van der Waals surface area (Å²) < 4.78 is 1.92. The maximum atomic E-state index is 11.9. The summed E-state index contributed by atoms with van der Waals surface area (Å²) in [4.78, 5) is 13.0. The Hall–Kier alpha value is -2.44. The van der Waals surface area contributed by atoms with Crippen molar-refractivity contribution < 1.29 is 4.79 Å². The number of amides is 1. The van der Waals surface area contributed by atoms with E-state index >= 15 is 0 Å². The maximum Gasteiger partial charge on any atom is 0.221 e. The van der Waals surface area contributed by atoms with Crippen molar-refractivity contribution in [2.45, 2.75) is 39.3 Å². The minimum Gasteiger partial charge on any atom is -0.354 e. The number of carbonyl (C=O) groups excluding carboxylic acids is 1. The highest BCUT2D eigenvalue weighted by molar-refractivity contribution is 7.13. The van der Waals surface area contributed by atoms with E-state index < -0.39 is 0 Å². The number of benzene rings is 1. The van der Waals surface area contributed by atoms with Gasteiger partial charge in [-0.2, -0.15) is 5.10 Å². The third kappa shape index (κ3) is 5.28. The zero-order valence-corrected chi connectivity index (χ0v) is 16.6. The van der Waals surface area contributed by atoms with Crippen molar-refractivity contribution in [2.75, 3.05) is 6.54 Å². The van der Waals surface area contributed by atoms with Crippen molar-refractivity contribution in [3.05, 3.63) is 59.6 Å². The van der Waals surface area contributed by atoms with E-state index in [0.717, 1.165) is 28.2 Å². The molecule has 1 unspecified atom stereocenters. The summed E-state index contributed by atoms with van der Waals surface area (Å²) in [7, 11) is 0. The van der Waals surface area contributed by atoms with Crippen LogP contribution in [0.1, 0.15) is 32.3 Å². The molecule has 0 aliphatic carbocycles. The zero-order valence-electron chi connectivity index (χ0n) is 15.8. The third-order valence-corrected chi connectivity index (χ3v) is 5.31. The predicted molar refractivity (Wildman–Crippen MR) is 111 cm³/mol. The summed E-state index contributed by atoms with van der Waals surface area (Å²) in [6.45, 7) is 5.41. The van der Waals surface area contributed by atoms with E-state index in [1.54, 1.807) is 11.3 Å². The first-order valence-corrected chi connectivity index (χ1v) is 10.2. The molecule has 1 amide bonds. The summed E-state index contributed by atoms with van der Waals surface area (Å²) in [6.07, 6.45) is 3.49. The fourth-order valence-corrected chi connectivity index (χ4v) is 3.49. The smallest absolute Gasteiger partial charge is 0.221 e. The van der Waals surface area contributed by atoms with Crippen LogP contribution in [0.25, 0.3) is 16.3 Å². The summed E-state index contributed by atoms with van der Waals surface area (Å²) in [5.74, 6) is 0.0929. The summed E-state index contributed by atoms with van der Waals surface area (Å²) in [5, 5.41) is 13.2. The molecule has 0 aliphatic rings. The minimum atomic E-state index is 0.0929. The maximum absolute atomic E-state index is 11.9. The largest absolute Gasteiger partial charge is 0.354 e. The molecule has 0 saturated heterocycles. The van der Waals surface area contributed by atoms with E-state index in [1.807, 2.05) is 48.0 Å². The van der Waals surface area contributed by atoms with Gasteiger partial charge in [-0.1, -0.05) is 31.2 Å². The molecule has 0 spiro atoms. The first-order chi connectivity index (χ1) is 13.2. The summed E-state index contributed by atoms with van der Waals surface area (Å²) >= 11 is 1.68. The molecule has 2 aromatic heterocycles. The number of carbonyl (C=O) groups is 1. The molecule has 2 heterocycles. The van der Waals surface area contributed by atoms with E-state index in [1.165, 1.54) is 0 Å². The number of thiophene rings is 1. The van der Waals surface area contributed by atoms with Crippen LogP contribution in [-0.4, -0.2) is 28.3 Å². The van der Waals surface area contributed by atoms with Gasteiger partial charge in [-0.3, -0.25) is 4.79 Å². The number of hydrogen-bond acceptors (Lipinski definition) is 4. The molecule has 6 heteroatoms.